The Morgan fingerprint density at radius 2 is 1.73 bits per heavy atom. The fourth-order valence-corrected chi connectivity index (χ4v) is 4.04. The van der Waals surface area contributed by atoms with E-state index in [1.54, 1.807) is 20.3 Å². The number of hydrogen-bond donors (Lipinski definition) is 2. The Morgan fingerprint density at radius 1 is 1.07 bits per heavy atom. The fourth-order valence-electron chi connectivity index (χ4n) is 4.04. The van der Waals surface area contributed by atoms with Gasteiger partial charge in [-0.1, -0.05) is 44.2 Å². The second-order valence-corrected chi connectivity index (χ2v) is 8.55. The van der Waals surface area contributed by atoms with Crippen molar-refractivity contribution in [1.82, 2.24) is 5.32 Å². The first-order valence-corrected chi connectivity index (χ1v) is 10.3. The molecule has 0 radical (unpaired) electrons. The minimum atomic E-state index is -0.768. The number of methoxy groups -OCH3 is 2. The summed E-state index contributed by atoms with van der Waals surface area (Å²) in [5, 5.41) is 14.4. The summed E-state index contributed by atoms with van der Waals surface area (Å²) in [5.74, 6) is 1.38. The van der Waals surface area contributed by atoms with E-state index in [9.17, 15) is 9.90 Å². The standard InChI is InChI=1S/C25H31NO4/c1-25(2)15-19(13-20(27)16-25)26-11-10-18-12-22(29-3)23(30-4)14-21(18)24(28)17-8-6-5-7-9-17/h5-9,12-14,24,26,28H,10-11,15-16H2,1-4H3. The van der Waals surface area contributed by atoms with E-state index in [-0.39, 0.29) is 11.2 Å². The van der Waals surface area contributed by atoms with Crippen molar-refractivity contribution in [3.05, 3.63) is 70.9 Å². The molecule has 0 amide bonds. The van der Waals surface area contributed by atoms with Crippen molar-refractivity contribution in [3.63, 3.8) is 0 Å². The van der Waals surface area contributed by atoms with Crippen LogP contribution in [0.4, 0.5) is 0 Å². The van der Waals surface area contributed by atoms with Crippen molar-refractivity contribution in [2.24, 2.45) is 5.41 Å². The number of nitrogens with one attached hydrogen (secondary N) is 1. The van der Waals surface area contributed by atoms with Crippen molar-refractivity contribution < 1.29 is 19.4 Å². The first-order valence-electron chi connectivity index (χ1n) is 10.3. The molecule has 2 aromatic carbocycles. The van der Waals surface area contributed by atoms with Crippen molar-refractivity contribution in [2.45, 2.75) is 39.2 Å². The van der Waals surface area contributed by atoms with E-state index < -0.39 is 6.10 Å². The Kier molecular flexibility index (Phi) is 6.83. The van der Waals surface area contributed by atoms with Crippen LogP contribution >= 0.6 is 0 Å². The molecule has 0 bridgehead atoms. The number of carbonyl (C=O) groups is 1. The molecule has 3 rings (SSSR count). The van der Waals surface area contributed by atoms with Gasteiger partial charge in [-0.05, 0) is 47.1 Å². The summed E-state index contributed by atoms with van der Waals surface area (Å²) in [6, 6.07) is 13.3. The van der Waals surface area contributed by atoms with Gasteiger partial charge in [0.15, 0.2) is 17.3 Å². The van der Waals surface area contributed by atoms with Crippen LogP contribution in [-0.2, 0) is 11.2 Å². The highest BCUT2D eigenvalue weighted by Crippen LogP contribution is 2.36. The van der Waals surface area contributed by atoms with Crippen LogP contribution in [0.3, 0.4) is 0 Å². The van der Waals surface area contributed by atoms with Crippen molar-refractivity contribution in [3.8, 4) is 11.5 Å². The van der Waals surface area contributed by atoms with Crippen LogP contribution in [0.15, 0.2) is 54.2 Å². The maximum Gasteiger partial charge on any atom is 0.161 e. The zero-order valence-electron chi connectivity index (χ0n) is 18.2. The second kappa shape index (κ2) is 9.35. The molecule has 2 N–H and O–H groups in total. The van der Waals surface area contributed by atoms with Gasteiger partial charge in [-0.2, -0.15) is 0 Å². The average molecular weight is 410 g/mol. The molecular formula is C25H31NO4. The lowest BCUT2D eigenvalue weighted by molar-refractivity contribution is -0.117. The third-order valence-corrected chi connectivity index (χ3v) is 5.46. The van der Waals surface area contributed by atoms with Crippen LogP contribution in [0.5, 0.6) is 11.5 Å². The first-order chi connectivity index (χ1) is 14.3. The van der Waals surface area contributed by atoms with Gasteiger partial charge in [0, 0.05) is 24.7 Å². The van der Waals surface area contributed by atoms with Gasteiger partial charge in [-0.15, -0.1) is 0 Å². The number of benzene rings is 2. The van der Waals surface area contributed by atoms with Crippen LogP contribution in [-0.4, -0.2) is 31.7 Å². The normalized spacial score (nSPS) is 16.6. The molecule has 30 heavy (non-hydrogen) atoms. The number of ketones is 1. The Balaban J connectivity index is 1.83. The predicted octanol–water partition coefficient (Wildman–Crippen LogP) is 4.19. The number of rotatable bonds is 8. The molecule has 5 heteroatoms. The molecule has 2 aromatic rings. The molecule has 160 valence electrons. The van der Waals surface area contributed by atoms with Gasteiger partial charge in [0.05, 0.1) is 14.2 Å². The maximum atomic E-state index is 12.0. The topological polar surface area (TPSA) is 67.8 Å². The van der Waals surface area contributed by atoms with E-state index in [0.717, 1.165) is 28.8 Å². The van der Waals surface area contributed by atoms with Gasteiger partial charge in [0.1, 0.15) is 6.10 Å². The number of carbonyl (C=O) groups excluding carboxylic acids is 1. The molecular weight excluding hydrogens is 378 g/mol. The number of ether oxygens (including phenoxy) is 2. The van der Waals surface area contributed by atoms with Crippen LogP contribution in [0.2, 0.25) is 0 Å². The van der Waals surface area contributed by atoms with Crippen LogP contribution in [0.25, 0.3) is 0 Å². The summed E-state index contributed by atoms with van der Waals surface area (Å²) in [6.07, 6.45) is 3.06. The molecule has 0 saturated carbocycles. The molecule has 5 nitrogen and oxygen atoms in total. The summed E-state index contributed by atoms with van der Waals surface area (Å²) < 4.78 is 10.9. The highest BCUT2D eigenvalue weighted by atomic mass is 16.5. The summed E-state index contributed by atoms with van der Waals surface area (Å²) in [5.41, 5.74) is 3.53. The molecule has 0 aromatic heterocycles. The van der Waals surface area contributed by atoms with Crippen LogP contribution in [0, 0.1) is 5.41 Å². The summed E-state index contributed by atoms with van der Waals surface area (Å²) in [6.45, 7) is 4.88. The molecule has 0 heterocycles. The van der Waals surface area contributed by atoms with E-state index in [1.165, 1.54) is 0 Å². The Labute approximate surface area is 178 Å². The van der Waals surface area contributed by atoms with Gasteiger partial charge in [-0.25, -0.2) is 0 Å². The first kappa shape index (κ1) is 21.9. The largest absolute Gasteiger partial charge is 0.493 e. The van der Waals surface area contributed by atoms with E-state index >= 15 is 0 Å². The molecule has 1 unspecified atom stereocenters. The summed E-state index contributed by atoms with van der Waals surface area (Å²) >= 11 is 0. The van der Waals surface area contributed by atoms with Gasteiger partial charge >= 0.3 is 0 Å². The van der Waals surface area contributed by atoms with Gasteiger partial charge in [0.25, 0.3) is 0 Å². The highest BCUT2D eigenvalue weighted by Gasteiger charge is 2.27. The lowest BCUT2D eigenvalue weighted by atomic mass is 9.79. The number of hydrogen-bond acceptors (Lipinski definition) is 5. The van der Waals surface area contributed by atoms with E-state index in [4.69, 9.17) is 9.47 Å². The average Bonchev–Trinajstić information content (AvgIpc) is 2.72. The third kappa shape index (κ3) is 5.22. The summed E-state index contributed by atoms with van der Waals surface area (Å²) in [7, 11) is 3.19. The minimum Gasteiger partial charge on any atom is -0.493 e. The number of aliphatic hydroxyl groups excluding tert-OH is 1. The maximum absolute atomic E-state index is 12.0. The lowest BCUT2D eigenvalue weighted by Crippen LogP contribution is -2.29. The fraction of sp³-hybridized carbons (Fsp3) is 0.400. The quantitative estimate of drug-likeness (QED) is 0.684. The van der Waals surface area contributed by atoms with E-state index in [2.05, 4.69) is 19.2 Å². The molecule has 0 fully saturated rings. The van der Waals surface area contributed by atoms with Crippen molar-refractivity contribution in [1.29, 1.82) is 0 Å². The molecule has 0 saturated heterocycles. The van der Waals surface area contributed by atoms with Crippen LogP contribution < -0.4 is 14.8 Å². The van der Waals surface area contributed by atoms with Crippen LogP contribution in [0.1, 0.15) is 49.5 Å². The second-order valence-electron chi connectivity index (χ2n) is 8.55. The van der Waals surface area contributed by atoms with E-state index in [1.807, 2.05) is 42.5 Å². The molecule has 1 aliphatic carbocycles. The third-order valence-electron chi connectivity index (χ3n) is 5.46. The van der Waals surface area contributed by atoms with Gasteiger partial charge in [-0.3, -0.25) is 4.79 Å². The number of allylic oxidation sites excluding steroid dienone is 2. The summed E-state index contributed by atoms with van der Waals surface area (Å²) in [4.78, 5) is 12.0. The smallest absolute Gasteiger partial charge is 0.161 e. The molecule has 0 aliphatic heterocycles. The minimum absolute atomic E-state index is 0.0217. The van der Waals surface area contributed by atoms with Gasteiger partial charge < -0.3 is 19.9 Å². The SMILES string of the molecule is COc1cc(CCNC2=CC(=O)CC(C)(C)C2)c(C(O)c2ccccc2)cc1OC. The van der Waals surface area contributed by atoms with Gasteiger partial charge in [0.2, 0.25) is 0 Å². The predicted molar refractivity (Wildman–Crippen MR) is 118 cm³/mol. The lowest BCUT2D eigenvalue weighted by Gasteiger charge is -2.29. The molecule has 1 atom stereocenters. The van der Waals surface area contributed by atoms with Crippen molar-refractivity contribution >= 4 is 5.78 Å². The Bertz CT molecular complexity index is 918. The Morgan fingerprint density at radius 3 is 2.37 bits per heavy atom. The molecule has 0 spiro atoms. The molecule has 1 aliphatic rings. The highest BCUT2D eigenvalue weighted by molar-refractivity contribution is 5.91. The van der Waals surface area contributed by atoms with Crippen molar-refractivity contribution in [2.75, 3.05) is 20.8 Å². The zero-order valence-corrected chi connectivity index (χ0v) is 18.2. The zero-order chi connectivity index (χ0) is 21.7. The number of aliphatic hydroxyl groups is 1. The van der Waals surface area contributed by atoms with E-state index in [0.29, 0.717) is 30.9 Å². The monoisotopic (exact) mass is 409 g/mol. The Hall–Kier alpha value is -2.79.